The summed E-state index contributed by atoms with van der Waals surface area (Å²) in [5.74, 6) is 0.908. The van der Waals surface area contributed by atoms with Crippen molar-refractivity contribution in [2.24, 2.45) is 0 Å². The summed E-state index contributed by atoms with van der Waals surface area (Å²) in [6.45, 7) is 3.61. The molecular formula is C16H21ClN4O2. The summed E-state index contributed by atoms with van der Waals surface area (Å²) in [5.41, 5.74) is 0.708. The van der Waals surface area contributed by atoms with E-state index in [1.807, 2.05) is 23.1 Å². The summed E-state index contributed by atoms with van der Waals surface area (Å²) in [5, 5.41) is 8.68. The first-order valence-electron chi connectivity index (χ1n) is 7.51. The molecule has 0 fully saturated rings. The van der Waals surface area contributed by atoms with Gasteiger partial charge >= 0.3 is 0 Å². The van der Waals surface area contributed by atoms with E-state index in [1.54, 1.807) is 25.1 Å². The van der Waals surface area contributed by atoms with Crippen molar-refractivity contribution in [3.05, 3.63) is 35.2 Å². The normalized spacial score (nSPS) is 11.0. The van der Waals surface area contributed by atoms with E-state index >= 15 is 0 Å². The van der Waals surface area contributed by atoms with Crippen LogP contribution in [-0.4, -0.2) is 53.1 Å². The molecule has 1 aromatic heterocycles. The van der Waals surface area contributed by atoms with Crippen molar-refractivity contribution in [1.29, 1.82) is 0 Å². The van der Waals surface area contributed by atoms with Gasteiger partial charge in [0.15, 0.2) is 0 Å². The first-order valence-corrected chi connectivity index (χ1v) is 7.88. The Morgan fingerprint density at radius 3 is 2.65 bits per heavy atom. The van der Waals surface area contributed by atoms with E-state index in [2.05, 4.69) is 17.1 Å². The van der Waals surface area contributed by atoms with Crippen LogP contribution in [0.25, 0.3) is 11.5 Å². The van der Waals surface area contributed by atoms with E-state index in [9.17, 15) is 4.79 Å². The van der Waals surface area contributed by atoms with Crippen molar-refractivity contribution in [3.63, 3.8) is 0 Å². The molecule has 124 valence electrons. The minimum Gasteiger partial charge on any atom is -0.419 e. The lowest BCUT2D eigenvalue weighted by Crippen LogP contribution is -2.36. The van der Waals surface area contributed by atoms with Crippen LogP contribution in [0.4, 0.5) is 0 Å². The highest BCUT2D eigenvalue weighted by Gasteiger charge is 2.17. The zero-order valence-electron chi connectivity index (χ0n) is 13.6. The van der Waals surface area contributed by atoms with Crippen LogP contribution in [0.15, 0.2) is 28.7 Å². The topological polar surface area (TPSA) is 62.5 Å². The zero-order chi connectivity index (χ0) is 16.8. The molecule has 0 N–H and O–H groups in total. The summed E-state index contributed by atoms with van der Waals surface area (Å²) in [4.78, 5) is 15.5. The van der Waals surface area contributed by atoms with Crippen molar-refractivity contribution in [1.82, 2.24) is 20.0 Å². The summed E-state index contributed by atoms with van der Waals surface area (Å²) in [6.07, 6.45) is 0.937. The fourth-order valence-electron chi connectivity index (χ4n) is 2.12. The van der Waals surface area contributed by atoms with Gasteiger partial charge in [-0.25, -0.2) is 0 Å². The van der Waals surface area contributed by atoms with E-state index < -0.39 is 0 Å². The van der Waals surface area contributed by atoms with Gasteiger partial charge in [0.2, 0.25) is 17.7 Å². The first-order chi connectivity index (χ1) is 11.0. The molecule has 0 radical (unpaired) electrons. The second-order valence-electron chi connectivity index (χ2n) is 5.48. The molecule has 6 nitrogen and oxygen atoms in total. The highest BCUT2D eigenvalue weighted by atomic mass is 35.5. The third-order valence-electron chi connectivity index (χ3n) is 3.33. The molecule has 2 rings (SSSR count). The molecule has 0 aliphatic carbocycles. The van der Waals surface area contributed by atoms with E-state index in [0.717, 1.165) is 13.0 Å². The van der Waals surface area contributed by atoms with Gasteiger partial charge in [-0.15, -0.1) is 10.2 Å². The van der Waals surface area contributed by atoms with Gasteiger partial charge in [-0.3, -0.25) is 9.69 Å². The number of carbonyl (C=O) groups excluding carboxylic acids is 1. The Balaban J connectivity index is 2.09. The number of rotatable bonds is 7. The molecule has 2 aromatic rings. The number of hydrogen-bond acceptors (Lipinski definition) is 5. The SMILES string of the molecule is CCCN(CC(=O)N(C)C)Cc1nnc(-c2ccccc2Cl)o1. The van der Waals surface area contributed by atoms with Crippen molar-refractivity contribution in [2.75, 3.05) is 27.2 Å². The monoisotopic (exact) mass is 336 g/mol. The maximum absolute atomic E-state index is 11.9. The molecule has 7 heteroatoms. The van der Waals surface area contributed by atoms with E-state index in [-0.39, 0.29) is 5.91 Å². The predicted molar refractivity (Wildman–Crippen MR) is 89.0 cm³/mol. The number of aromatic nitrogens is 2. The Morgan fingerprint density at radius 1 is 1.26 bits per heavy atom. The molecule has 23 heavy (non-hydrogen) atoms. The quantitative estimate of drug-likeness (QED) is 0.778. The predicted octanol–water partition coefficient (Wildman–Crippen LogP) is 2.69. The third kappa shape index (κ3) is 4.77. The Hall–Kier alpha value is -1.92. The number of nitrogens with zero attached hydrogens (tertiary/aromatic N) is 4. The fourth-order valence-corrected chi connectivity index (χ4v) is 2.33. The maximum Gasteiger partial charge on any atom is 0.249 e. The van der Waals surface area contributed by atoms with E-state index in [1.165, 1.54) is 0 Å². The second-order valence-corrected chi connectivity index (χ2v) is 5.89. The molecule has 0 saturated heterocycles. The van der Waals surface area contributed by atoms with Crippen LogP contribution in [0.3, 0.4) is 0 Å². The molecule has 1 amide bonds. The average Bonchev–Trinajstić information content (AvgIpc) is 2.96. The van der Waals surface area contributed by atoms with Crippen LogP contribution in [0.2, 0.25) is 5.02 Å². The Morgan fingerprint density at radius 2 is 2.00 bits per heavy atom. The van der Waals surface area contributed by atoms with Crippen molar-refractivity contribution >= 4 is 17.5 Å². The Kier molecular flexibility index (Phi) is 6.12. The number of amides is 1. The molecule has 0 atom stereocenters. The van der Waals surface area contributed by atoms with Crippen LogP contribution >= 0.6 is 11.6 Å². The Bertz CT molecular complexity index is 657. The summed E-state index contributed by atoms with van der Waals surface area (Å²) in [6, 6.07) is 7.32. The van der Waals surface area contributed by atoms with Gasteiger partial charge < -0.3 is 9.32 Å². The number of halogens is 1. The summed E-state index contributed by atoms with van der Waals surface area (Å²) < 4.78 is 5.70. The molecule has 0 aliphatic rings. The highest BCUT2D eigenvalue weighted by molar-refractivity contribution is 6.33. The fraction of sp³-hybridized carbons (Fsp3) is 0.438. The number of hydrogen-bond donors (Lipinski definition) is 0. The van der Waals surface area contributed by atoms with E-state index in [4.69, 9.17) is 16.0 Å². The van der Waals surface area contributed by atoms with Crippen LogP contribution in [-0.2, 0) is 11.3 Å². The lowest BCUT2D eigenvalue weighted by molar-refractivity contribution is -0.130. The lowest BCUT2D eigenvalue weighted by Gasteiger charge is -2.21. The minimum atomic E-state index is 0.0456. The Labute approximate surface area is 141 Å². The maximum atomic E-state index is 11.9. The molecule has 0 bridgehead atoms. The number of carbonyl (C=O) groups is 1. The standard InChI is InChI=1S/C16H21ClN4O2/c1-4-9-21(11-15(22)20(2)3)10-14-18-19-16(23-14)12-7-5-6-8-13(12)17/h5-8H,4,9-11H2,1-3H3. The zero-order valence-corrected chi connectivity index (χ0v) is 14.4. The van der Waals surface area contributed by atoms with Crippen LogP contribution in [0.1, 0.15) is 19.2 Å². The largest absolute Gasteiger partial charge is 0.419 e. The van der Waals surface area contributed by atoms with Gasteiger partial charge in [0.25, 0.3) is 0 Å². The molecule has 0 spiro atoms. The van der Waals surface area contributed by atoms with Gasteiger partial charge in [-0.2, -0.15) is 0 Å². The van der Waals surface area contributed by atoms with E-state index in [0.29, 0.717) is 35.5 Å². The smallest absolute Gasteiger partial charge is 0.249 e. The van der Waals surface area contributed by atoms with Gasteiger partial charge in [-0.05, 0) is 25.1 Å². The third-order valence-corrected chi connectivity index (χ3v) is 3.66. The highest BCUT2D eigenvalue weighted by Crippen LogP contribution is 2.26. The molecule has 1 aromatic carbocycles. The van der Waals surface area contributed by atoms with Crippen molar-refractivity contribution in [2.45, 2.75) is 19.9 Å². The minimum absolute atomic E-state index is 0.0456. The van der Waals surface area contributed by atoms with Gasteiger partial charge in [0, 0.05) is 14.1 Å². The van der Waals surface area contributed by atoms with Crippen LogP contribution < -0.4 is 0 Å². The summed E-state index contributed by atoms with van der Waals surface area (Å²) in [7, 11) is 3.49. The average molecular weight is 337 g/mol. The number of likely N-dealkylation sites (N-methyl/N-ethyl adjacent to an activating group) is 1. The van der Waals surface area contributed by atoms with Gasteiger partial charge in [0.1, 0.15) is 0 Å². The van der Waals surface area contributed by atoms with Crippen molar-refractivity contribution < 1.29 is 9.21 Å². The second kappa shape index (κ2) is 8.08. The molecule has 1 heterocycles. The van der Waals surface area contributed by atoms with Crippen LogP contribution in [0.5, 0.6) is 0 Å². The molecule has 0 unspecified atom stereocenters. The first kappa shape index (κ1) is 17.4. The number of benzene rings is 1. The van der Waals surface area contributed by atoms with Crippen molar-refractivity contribution in [3.8, 4) is 11.5 Å². The summed E-state index contributed by atoms with van der Waals surface area (Å²) >= 11 is 6.14. The molecule has 0 aliphatic heterocycles. The van der Waals surface area contributed by atoms with Gasteiger partial charge in [0.05, 0.1) is 23.7 Å². The van der Waals surface area contributed by atoms with Crippen LogP contribution in [0, 0.1) is 0 Å². The molecular weight excluding hydrogens is 316 g/mol. The molecule has 0 saturated carbocycles. The van der Waals surface area contributed by atoms with Gasteiger partial charge in [-0.1, -0.05) is 30.7 Å². The lowest BCUT2D eigenvalue weighted by atomic mass is 10.2.